The van der Waals surface area contributed by atoms with Crippen LogP contribution in [0.15, 0.2) is 23.1 Å². The Hall–Kier alpha value is -1.82. The number of rotatable bonds is 3. The molecule has 1 aliphatic rings. The Bertz CT molecular complexity index is 785. The lowest BCUT2D eigenvalue weighted by Gasteiger charge is -2.10. The van der Waals surface area contributed by atoms with Gasteiger partial charge < -0.3 is 10.1 Å². The molecule has 4 nitrogen and oxygen atoms in total. The molecule has 0 radical (unpaired) electrons. The largest absolute Gasteiger partial charge is 0.489 e. The van der Waals surface area contributed by atoms with E-state index in [-0.39, 0.29) is 23.2 Å². The highest BCUT2D eigenvalue weighted by Crippen LogP contribution is 2.52. The monoisotopic (exact) mass is 293 g/mol. The highest BCUT2D eigenvalue weighted by atomic mass is 35.5. The average Bonchev–Trinajstić information content (AvgIpc) is 3.11. The van der Waals surface area contributed by atoms with Crippen molar-refractivity contribution in [2.75, 3.05) is 0 Å². The molecule has 7 heteroatoms. The van der Waals surface area contributed by atoms with E-state index in [9.17, 15) is 14.0 Å². The minimum atomic E-state index is -1.44. The van der Waals surface area contributed by atoms with Gasteiger partial charge in [-0.05, 0) is 36.6 Å². The molecule has 20 heavy (non-hydrogen) atoms. The maximum atomic E-state index is 14.2. The van der Waals surface area contributed by atoms with Crippen molar-refractivity contribution < 1.29 is 14.3 Å². The molecule has 1 heterocycles. The third-order valence-electron chi connectivity index (χ3n) is 3.56. The number of nitrogens with one attached hydrogen (secondary N) is 1. The standard InChI is InChI=1S/C13H10BClFNO3/c15-9-4-10-6(3-7(9)13(16)1-2-13)11(18)8(5-17-10)14-12(19)20/h3-5,14H,1-2H2,(H,17,18)(H,19,20). The van der Waals surface area contributed by atoms with E-state index in [2.05, 4.69) is 4.98 Å². The van der Waals surface area contributed by atoms with Crippen LogP contribution >= 0.6 is 11.6 Å². The zero-order valence-electron chi connectivity index (χ0n) is 10.4. The fourth-order valence-corrected chi connectivity index (χ4v) is 2.63. The van der Waals surface area contributed by atoms with Crippen molar-refractivity contribution in [1.29, 1.82) is 0 Å². The van der Waals surface area contributed by atoms with Crippen molar-refractivity contribution in [3.05, 3.63) is 39.1 Å². The number of benzene rings is 1. The first-order chi connectivity index (χ1) is 9.40. The molecule has 1 aromatic carbocycles. The van der Waals surface area contributed by atoms with Crippen molar-refractivity contribution in [2.24, 2.45) is 0 Å². The third kappa shape index (κ3) is 2.10. The van der Waals surface area contributed by atoms with Gasteiger partial charge in [-0.3, -0.25) is 9.59 Å². The first-order valence-electron chi connectivity index (χ1n) is 6.16. The van der Waals surface area contributed by atoms with Gasteiger partial charge in [-0.1, -0.05) is 11.6 Å². The van der Waals surface area contributed by atoms with E-state index in [0.29, 0.717) is 23.9 Å². The van der Waals surface area contributed by atoms with E-state index >= 15 is 0 Å². The summed E-state index contributed by atoms with van der Waals surface area (Å²) in [6.45, 7) is 0. The lowest BCUT2D eigenvalue weighted by molar-refractivity contribution is 0.220. The zero-order chi connectivity index (χ0) is 14.5. The molecule has 3 rings (SSSR count). The van der Waals surface area contributed by atoms with Crippen LogP contribution in [0.5, 0.6) is 0 Å². The maximum absolute atomic E-state index is 14.2. The van der Waals surface area contributed by atoms with E-state index < -0.39 is 17.0 Å². The van der Waals surface area contributed by atoms with Gasteiger partial charge in [0.15, 0.2) is 5.43 Å². The zero-order valence-corrected chi connectivity index (χ0v) is 11.1. The Morgan fingerprint density at radius 3 is 2.75 bits per heavy atom. The van der Waals surface area contributed by atoms with Crippen LogP contribution in [-0.2, 0) is 5.67 Å². The summed E-state index contributed by atoms with van der Waals surface area (Å²) in [5, 5.41) is 9.31. The Kier molecular flexibility index (Phi) is 2.86. The number of halogens is 2. The molecule has 0 spiro atoms. The summed E-state index contributed by atoms with van der Waals surface area (Å²) in [6, 6.07) is 2.95. The van der Waals surface area contributed by atoms with Crippen LogP contribution in [0.25, 0.3) is 10.9 Å². The highest BCUT2D eigenvalue weighted by molar-refractivity contribution is 6.82. The molecule has 2 aromatic rings. The number of alkyl halides is 1. The summed E-state index contributed by atoms with van der Waals surface area (Å²) in [5.41, 5.74) is -0.919. The number of hydrogen-bond acceptors (Lipinski definition) is 2. The second kappa shape index (κ2) is 4.35. The molecule has 0 aliphatic heterocycles. The van der Waals surface area contributed by atoms with Gasteiger partial charge in [0, 0.05) is 16.0 Å². The summed E-state index contributed by atoms with van der Waals surface area (Å²) in [6.07, 6.45) is 2.15. The van der Waals surface area contributed by atoms with Crippen molar-refractivity contribution >= 4 is 41.1 Å². The number of fused-ring (bicyclic) bond motifs is 1. The third-order valence-corrected chi connectivity index (χ3v) is 3.87. The molecular weight excluding hydrogens is 283 g/mol. The number of carboxylic acid groups (broad SMARTS) is 1. The first-order valence-corrected chi connectivity index (χ1v) is 6.53. The molecule has 0 unspecified atom stereocenters. The summed E-state index contributed by atoms with van der Waals surface area (Å²) in [5.74, 6) is -1.09. The van der Waals surface area contributed by atoms with Crippen LogP contribution in [0, 0.1) is 0 Å². The molecule has 1 saturated carbocycles. The Morgan fingerprint density at radius 1 is 1.45 bits per heavy atom. The average molecular weight is 293 g/mol. The van der Waals surface area contributed by atoms with Crippen molar-refractivity contribution in [3.8, 4) is 0 Å². The molecule has 0 atom stereocenters. The highest BCUT2D eigenvalue weighted by Gasteiger charge is 2.46. The quantitative estimate of drug-likeness (QED) is 0.849. The molecule has 1 aromatic heterocycles. The van der Waals surface area contributed by atoms with Gasteiger partial charge in [0.25, 0.3) is 13.1 Å². The fourth-order valence-electron chi connectivity index (χ4n) is 2.30. The van der Waals surface area contributed by atoms with Gasteiger partial charge in [0.1, 0.15) is 5.67 Å². The van der Waals surface area contributed by atoms with E-state index in [0.717, 1.165) is 0 Å². The van der Waals surface area contributed by atoms with Crippen LogP contribution in [0.3, 0.4) is 0 Å². The Morgan fingerprint density at radius 2 is 2.15 bits per heavy atom. The van der Waals surface area contributed by atoms with Crippen LogP contribution in [-0.4, -0.2) is 23.2 Å². The Labute approximate surface area is 118 Å². The summed E-state index contributed by atoms with van der Waals surface area (Å²) >= 11 is 6.05. The minimum Gasteiger partial charge on any atom is -0.489 e. The van der Waals surface area contributed by atoms with E-state index in [1.165, 1.54) is 18.3 Å². The van der Waals surface area contributed by atoms with Crippen LogP contribution in [0.1, 0.15) is 18.4 Å². The predicted molar refractivity (Wildman–Crippen MR) is 76.4 cm³/mol. The smallest absolute Gasteiger partial charge is 0.299 e. The number of aromatic amines is 1. The van der Waals surface area contributed by atoms with Crippen LogP contribution in [0.4, 0.5) is 9.18 Å². The molecule has 0 saturated heterocycles. The Balaban J connectivity index is 2.22. The van der Waals surface area contributed by atoms with Gasteiger partial charge >= 0.3 is 0 Å². The maximum Gasteiger partial charge on any atom is 0.299 e. The second-order valence-corrected chi connectivity index (χ2v) is 5.46. The van der Waals surface area contributed by atoms with Gasteiger partial charge in [0.2, 0.25) is 0 Å². The summed E-state index contributed by atoms with van der Waals surface area (Å²) in [7, 11) is -0.371. The van der Waals surface area contributed by atoms with E-state index in [1.807, 2.05) is 0 Å². The lowest BCUT2D eigenvalue weighted by atomic mass is 9.71. The van der Waals surface area contributed by atoms with Crippen molar-refractivity contribution in [3.63, 3.8) is 0 Å². The normalized spacial score (nSPS) is 16.1. The molecule has 102 valence electrons. The van der Waals surface area contributed by atoms with Crippen LogP contribution in [0.2, 0.25) is 5.02 Å². The van der Waals surface area contributed by atoms with Gasteiger partial charge in [-0.2, -0.15) is 0 Å². The summed E-state index contributed by atoms with van der Waals surface area (Å²) < 4.78 is 14.2. The number of aromatic nitrogens is 1. The molecule has 1 aliphatic carbocycles. The molecule has 0 amide bonds. The van der Waals surface area contributed by atoms with Crippen LogP contribution < -0.4 is 10.9 Å². The molecule has 2 N–H and O–H groups in total. The molecular formula is C13H10BClFNO3. The van der Waals surface area contributed by atoms with Gasteiger partial charge in [-0.25, -0.2) is 4.39 Å². The molecule has 1 fully saturated rings. The number of H-pyrrole nitrogens is 1. The molecule has 0 bridgehead atoms. The predicted octanol–water partition coefficient (Wildman–Crippen LogP) is 1.88. The minimum absolute atomic E-state index is 0.141. The lowest BCUT2D eigenvalue weighted by Crippen LogP contribution is -2.35. The number of hydrogen-bond donors (Lipinski definition) is 2. The number of carbonyl (C=O) groups is 1. The van der Waals surface area contributed by atoms with E-state index in [4.69, 9.17) is 16.7 Å². The SMILES string of the molecule is O=C(O)Bc1c[nH]c2cc(Cl)c(C3(F)CC3)cc2c1=O. The topological polar surface area (TPSA) is 70.2 Å². The van der Waals surface area contributed by atoms with Crippen molar-refractivity contribution in [2.45, 2.75) is 18.5 Å². The van der Waals surface area contributed by atoms with E-state index in [1.54, 1.807) is 0 Å². The first kappa shape index (κ1) is 13.2. The van der Waals surface area contributed by atoms with Gasteiger partial charge in [0.05, 0.1) is 5.52 Å². The summed E-state index contributed by atoms with van der Waals surface area (Å²) in [4.78, 5) is 25.8. The fraction of sp³-hybridized carbons (Fsp3) is 0.231. The van der Waals surface area contributed by atoms with Gasteiger partial charge in [-0.15, -0.1) is 0 Å². The number of pyridine rings is 1. The second-order valence-electron chi connectivity index (χ2n) is 5.06. The van der Waals surface area contributed by atoms with Crippen molar-refractivity contribution in [1.82, 2.24) is 4.98 Å².